The number of ether oxygens (including phenoxy) is 1. The van der Waals surface area contributed by atoms with Crippen LogP contribution in [0.15, 0.2) is 48.7 Å². The molecule has 0 aliphatic carbocycles. The molecule has 3 aromatic rings. The molecule has 0 bridgehead atoms. The number of fused-ring (bicyclic) bond motifs is 1. The molecule has 0 radical (unpaired) electrons. The van der Waals surface area contributed by atoms with Crippen LogP contribution in [-0.2, 0) is 13.0 Å². The fraction of sp³-hybridized carbons (Fsp3) is 0.348. The minimum atomic E-state index is 0.566. The van der Waals surface area contributed by atoms with Gasteiger partial charge in [0.2, 0.25) is 0 Å². The van der Waals surface area contributed by atoms with Crippen LogP contribution >= 0.6 is 11.6 Å². The van der Waals surface area contributed by atoms with Crippen LogP contribution in [-0.4, -0.2) is 34.6 Å². The first-order valence-corrected chi connectivity index (χ1v) is 10.4. The Bertz CT molecular complexity index is 975. The van der Waals surface area contributed by atoms with E-state index in [9.17, 15) is 0 Å². The number of likely N-dealkylation sites (tertiary alicyclic amines) is 1. The van der Waals surface area contributed by atoms with Gasteiger partial charge in [-0.2, -0.15) is 0 Å². The van der Waals surface area contributed by atoms with Crippen LogP contribution in [0.4, 0.5) is 0 Å². The molecule has 1 saturated heterocycles. The standard InChI is InChI=1S/C23H24ClN3O/c24-21-4-2-1-3-20(21)16-7-10-27(11-8-16)15-19-14-25-23(26-19)18-5-6-22-17(13-18)9-12-28-22/h1-6,13-14,16H,7-12,15H2,(H,25,26). The summed E-state index contributed by atoms with van der Waals surface area (Å²) in [5.74, 6) is 2.52. The van der Waals surface area contributed by atoms with Crippen LogP contribution in [0.3, 0.4) is 0 Å². The van der Waals surface area contributed by atoms with Crippen molar-refractivity contribution in [2.24, 2.45) is 0 Å². The first kappa shape index (κ1) is 17.8. The average molecular weight is 394 g/mol. The Kier molecular flexibility index (Phi) is 4.83. The lowest BCUT2D eigenvalue weighted by Crippen LogP contribution is -2.32. The molecule has 0 atom stereocenters. The summed E-state index contributed by atoms with van der Waals surface area (Å²) < 4.78 is 5.60. The molecule has 1 fully saturated rings. The van der Waals surface area contributed by atoms with Crippen molar-refractivity contribution in [1.82, 2.24) is 14.9 Å². The Morgan fingerprint density at radius 2 is 2.00 bits per heavy atom. The molecule has 2 aromatic carbocycles. The second-order valence-corrected chi connectivity index (χ2v) is 8.16. The van der Waals surface area contributed by atoms with E-state index in [-0.39, 0.29) is 0 Å². The predicted octanol–water partition coefficient (Wildman–Crippen LogP) is 5.04. The quantitative estimate of drug-likeness (QED) is 0.674. The largest absolute Gasteiger partial charge is 0.493 e. The molecule has 2 aliphatic rings. The van der Waals surface area contributed by atoms with E-state index in [1.165, 1.54) is 16.8 Å². The number of imidazole rings is 1. The van der Waals surface area contributed by atoms with Crippen molar-refractivity contribution < 1.29 is 4.74 Å². The second-order valence-electron chi connectivity index (χ2n) is 7.75. The van der Waals surface area contributed by atoms with E-state index in [1.54, 1.807) is 0 Å². The second kappa shape index (κ2) is 7.61. The molecule has 0 spiro atoms. The molecule has 2 aliphatic heterocycles. The van der Waals surface area contributed by atoms with Crippen LogP contribution in [0.2, 0.25) is 5.02 Å². The third-order valence-corrected chi connectivity index (χ3v) is 6.26. The highest BCUT2D eigenvalue weighted by atomic mass is 35.5. The first-order valence-electron chi connectivity index (χ1n) is 10.0. The Morgan fingerprint density at radius 1 is 1.14 bits per heavy atom. The molecule has 0 amide bonds. The van der Waals surface area contributed by atoms with Crippen LogP contribution in [0.25, 0.3) is 11.4 Å². The molecule has 5 heteroatoms. The summed E-state index contributed by atoms with van der Waals surface area (Å²) in [6.07, 6.45) is 5.25. The van der Waals surface area contributed by atoms with E-state index in [1.807, 2.05) is 18.3 Å². The molecule has 28 heavy (non-hydrogen) atoms. The number of H-pyrrole nitrogens is 1. The number of nitrogens with one attached hydrogen (secondary N) is 1. The lowest BCUT2D eigenvalue weighted by atomic mass is 9.89. The maximum atomic E-state index is 6.39. The maximum Gasteiger partial charge on any atom is 0.137 e. The van der Waals surface area contributed by atoms with E-state index in [0.29, 0.717) is 5.92 Å². The zero-order valence-electron chi connectivity index (χ0n) is 15.8. The Balaban J connectivity index is 1.22. The van der Waals surface area contributed by atoms with Gasteiger partial charge >= 0.3 is 0 Å². The number of aromatic amines is 1. The van der Waals surface area contributed by atoms with Gasteiger partial charge in [0.25, 0.3) is 0 Å². The van der Waals surface area contributed by atoms with Crippen molar-refractivity contribution >= 4 is 11.6 Å². The van der Waals surface area contributed by atoms with E-state index in [4.69, 9.17) is 16.3 Å². The summed E-state index contributed by atoms with van der Waals surface area (Å²) >= 11 is 6.39. The molecule has 4 nitrogen and oxygen atoms in total. The van der Waals surface area contributed by atoms with Gasteiger partial charge in [-0.25, -0.2) is 4.98 Å². The van der Waals surface area contributed by atoms with E-state index in [2.05, 4.69) is 45.2 Å². The van der Waals surface area contributed by atoms with Gasteiger partial charge in [0.15, 0.2) is 0 Å². The van der Waals surface area contributed by atoms with Gasteiger partial charge in [-0.1, -0.05) is 29.8 Å². The minimum Gasteiger partial charge on any atom is -0.493 e. The van der Waals surface area contributed by atoms with Crippen LogP contribution < -0.4 is 4.74 Å². The summed E-state index contributed by atoms with van der Waals surface area (Å²) in [7, 11) is 0. The monoisotopic (exact) mass is 393 g/mol. The minimum absolute atomic E-state index is 0.566. The Labute approximate surface area is 170 Å². The van der Waals surface area contributed by atoms with Gasteiger partial charge < -0.3 is 9.72 Å². The topological polar surface area (TPSA) is 41.2 Å². The van der Waals surface area contributed by atoms with Crippen molar-refractivity contribution in [3.05, 3.63) is 70.5 Å². The fourth-order valence-electron chi connectivity index (χ4n) is 4.37. The molecule has 0 saturated carbocycles. The summed E-state index contributed by atoms with van der Waals surface area (Å²) in [4.78, 5) is 10.6. The lowest BCUT2D eigenvalue weighted by Gasteiger charge is -2.32. The Morgan fingerprint density at radius 3 is 2.86 bits per heavy atom. The van der Waals surface area contributed by atoms with E-state index < -0.39 is 0 Å². The molecule has 1 aromatic heterocycles. The maximum absolute atomic E-state index is 6.39. The zero-order chi connectivity index (χ0) is 18.9. The lowest BCUT2D eigenvalue weighted by molar-refractivity contribution is 0.203. The average Bonchev–Trinajstić information content (AvgIpc) is 3.38. The number of piperidine rings is 1. The van der Waals surface area contributed by atoms with Crippen LogP contribution in [0.5, 0.6) is 5.75 Å². The molecule has 0 unspecified atom stereocenters. The Hall–Kier alpha value is -2.30. The number of rotatable bonds is 4. The summed E-state index contributed by atoms with van der Waals surface area (Å²) in [6, 6.07) is 14.6. The third kappa shape index (κ3) is 3.54. The van der Waals surface area contributed by atoms with Crippen molar-refractivity contribution in [3.63, 3.8) is 0 Å². The molecule has 1 N–H and O–H groups in total. The normalized spacial score (nSPS) is 17.5. The predicted molar refractivity (Wildman–Crippen MR) is 112 cm³/mol. The molecule has 3 heterocycles. The first-order chi connectivity index (χ1) is 13.8. The SMILES string of the molecule is Clc1ccccc1C1CCN(Cc2cnc(-c3ccc4c(c3)CCO4)[nH]2)CC1. The highest BCUT2D eigenvalue weighted by Crippen LogP contribution is 2.33. The van der Waals surface area contributed by atoms with Gasteiger partial charge in [0, 0.05) is 35.4 Å². The van der Waals surface area contributed by atoms with Crippen molar-refractivity contribution in [3.8, 4) is 17.1 Å². The van der Waals surface area contributed by atoms with Gasteiger partial charge in [-0.3, -0.25) is 4.90 Å². The van der Waals surface area contributed by atoms with Gasteiger partial charge in [0.1, 0.15) is 11.6 Å². The fourth-order valence-corrected chi connectivity index (χ4v) is 4.66. The summed E-state index contributed by atoms with van der Waals surface area (Å²) in [6.45, 7) is 3.86. The molecule has 5 rings (SSSR count). The number of aromatic nitrogens is 2. The highest BCUT2D eigenvalue weighted by molar-refractivity contribution is 6.31. The number of benzene rings is 2. The number of hydrogen-bond acceptors (Lipinski definition) is 3. The molecular weight excluding hydrogens is 370 g/mol. The number of nitrogens with zero attached hydrogens (tertiary/aromatic N) is 2. The summed E-state index contributed by atoms with van der Waals surface area (Å²) in [5, 5.41) is 0.902. The van der Waals surface area contributed by atoms with Crippen molar-refractivity contribution in [1.29, 1.82) is 0 Å². The van der Waals surface area contributed by atoms with Crippen LogP contribution in [0, 0.1) is 0 Å². The third-order valence-electron chi connectivity index (χ3n) is 5.92. The zero-order valence-corrected chi connectivity index (χ0v) is 16.6. The molecule has 144 valence electrons. The highest BCUT2D eigenvalue weighted by Gasteiger charge is 2.22. The van der Waals surface area contributed by atoms with E-state index >= 15 is 0 Å². The van der Waals surface area contributed by atoms with Gasteiger partial charge in [-0.15, -0.1) is 0 Å². The summed E-state index contributed by atoms with van der Waals surface area (Å²) in [5.41, 5.74) is 4.88. The smallest absolute Gasteiger partial charge is 0.137 e. The van der Waals surface area contributed by atoms with Crippen molar-refractivity contribution in [2.45, 2.75) is 31.7 Å². The van der Waals surface area contributed by atoms with Gasteiger partial charge in [-0.05, 0) is 67.2 Å². The van der Waals surface area contributed by atoms with Gasteiger partial charge in [0.05, 0.1) is 6.61 Å². The number of halogens is 1. The molecular formula is C23H24ClN3O. The van der Waals surface area contributed by atoms with Crippen molar-refractivity contribution in [2.75, 3.05) is 19.7 Å². The van der Waals surface area contributed by atoms with Crippen LogP contribution in [0.1, 0.15) is 35.6 Å². The van der Waals surface area contributed by atoms with E-state index in [0.717, 1.165) is 67.7 Å². The number of hydrogen-bond donors (Lipinski definition) is 1.